The Bertz CT molecular complexity index is 638. The Kier molecular flexibility index (Phi) is 9.98. The van der Waals surface area contributed by atoms with Crippen molar-refractivity contribution in [3.05, 3.63) is 17.7 Å². The van der Waals surface area contributed by atoms with E-state index in [1.54, 1.807) is 6.07 Å². The molecule has 1 N–H and O–H groups in total. The molecule has 0 aliphatic rings. The van der Waals surface area contributed by atoms with Crippen molar-refractivity contribution in [3.8, 4) is 11.5 Å². The SMILES string of the molecule is CCCOCCCc1cc(OC)c(OCC(CC)CC)cc1S(=O)(=O)O. The van der Waals surface area contributed by atoms with E-state index in [1.165, 1.54) is 13.2 Å². The van der Waals surface area contributed by atoms with Crippen LogP contribution in [0.4, 0.5) is 0 Å². The van der Waals surface area contributed by atoms with Crippen molar-refractivity contribution in [2.75, 3.05) is 26.9 Å². The van der Waals surface area contributed by atoms with E-state index in [-0.39, 0.29) is 4.90 Å². The third kappa shape index (κ3) is 7.13. The maximum absolute atomic E-state index is 11.8. The Labute approximate surface area is 157 Å². The van der Waals surface area contributed by atoms with Gasteiger partial charge in [0.15, 0.2) is 11.5 Å². The number of hydrogen-bond donors (Lipinski definition) is 1. The highest BCUT2D eigenvalue weighted by atomic mass is 32.2. The molecule has 0 saturated carbocycles. The van der Waals surface area contributed by atoms with Crippen LogP contribution in [0.5, 0.6) is 11.5 Å². The summed E-state index contributed by atoms with van der Waals surface area (Å²) >= 11 is 0. The molecule has 6 nitrogen and oxygen atoms in total. The predicted molar refractivity (Wildman–Crippen MR) is 102 cm³/mol. The van der Waals surface area contributed by atoms with E-state index in [0.717, 1.165) is 19.3 Å². The molecule has 0 aliphatic carbocycles. The van der Waals surface area contributed by atoms with E-state index in [9.17, 15) is 13.0 Å². The monoisotopic (exact) mass is 388 g/mol. The maximum atomic E-state index is 11.8. The third-order valence-electron chi connectivity index (χ3n) is 4.34. The molecule has 0 amide bonds. The van der Waals surface area contributed by atoms with Crippen LogP contribution in [-0.2, 0) is 21.3 Å². The summed E-state index contributed by atoms with van der Waals surface area (Å²) < 4.78 is 49.8. The topological polar surface area (TPSA) is 82.1 Å². The molecule has 0 radical (unpaired) electrons. The Hall–Kier alpha value is -1.31. The molecule has 0 bridgehead atoms. The summed E-state index contributed by atoms with van der Waals surface area (Å²) in [5.74, 6) is 1.18. The molecule has 26 heavy (non-hydrogen) atoms. The van der Waals surface area contributed by atoms with Crippen LogP contribution >= 0.6 is 0 Å². The average molecular weight is 389 g/mol. The van der Waals surface area contributed by atoms with E-state index in [2.05, 4.69) is 13.8 Å². The van der Waals surface area contributed by atoms with Crippen LogP contribution in [0.2, 0.25) is 0 Å². The molecule has 0 atom stereocenters. The van der Waals surface area contributed by atoms with Gasteiger partial charge < -0.3 is 14.2 Å². The number of benzene rings is 1. The van der Waals surface area contributed by atoms with E-state index >= 15 is 0 Å². The molecule has 150 valence electrons. The lowest BCUT2D eigenvalue weighted by Gasteiger charge is -2.18. The molecule has 0 aliphatic heterocycles. The van der Waals surface area contributed by atoms with Gasteiger partial charge in [0, 0.05) is 19.3 Å². The van der Waals surface area contributed by atoms with Gasteiger partial charge >= 0.3 is 0 Å². The van der Waals surface area contributed by atoms with Crippen molar-refractivity contribution < 1.29 is 27.2 Å². The average Bonchev–Trinajstić information content (AvgIpc) is 2.61. The Morgan fingerprint density at radius 1 is 1.08 bits per heavy atom. The van der Waals surface area contributed by atoms with Crippen LogP contribution in [0.3, 0.4) is 0 Å². The van der Waals surface area contributed by atoms with Crippen LogP contribution in [0.1, 0.15) is 52.0 Å². The lowest BCUT2D eigenvalue weighted by Crippen LogP contribution is -2.12. The van der Waals surface area contributed by atoms with Crippen LogP contribution in [0, 0.1) is 5.92 Å². The van der Waals surface area contributed by atoms with E-state index in [1.807, 2.05) is 6.92 Å². The summed E-state index contributed by atoms with van der Waals surface area (Å²) in [7, 11) is -2.84. The summed E-state index contributed by atoms with van der Waals surface area (Å²) in [6.07, 6.45) is 3.99. The number of methoxy groups -OCH3 is 1. The molecule has 0 spiro atoms. The third-order valence-corrected chi connectivity index (χ3v) is 5.27. The zero-order chi connectivity index (χ0) is 19.6. The van der Waals surface area contributed by atoms with Gasteiger partial charge in [-0.05, 0) is 36.8 Å². The van der Waals surface area contributed by atoms with Gasteiger partial charge in [-0.3, -0.25) is 4.55 Å². The second kappa shape index (κ2) is 11.4. The first kappa shape index (κ1) is 22.7. The highest BCUT2D eigenvalue weighted by molar-refractivity contribution is 7.85. The summed E-state index contributed by atoms with van der Waals surface area (Å²) in [5, 5.41) is 0. The molecular weight excluding hydrogens is 356 g/mol. The second-order valence-corrected chi connectivity index (χ2v) is 7.69. The first-order valence-corrected chi connectivity index (χ1v) is 10.7. The largest absolute Gasteiger partial charge is 0.493 e. The van der Waals surface area contributed by atoms with Crippen molar-refractivity contribution in [1.29, 1.82) is 0 Å². The van der Waals surface area contributed by atoms with Gasteiger partial charge in [0.05, 0.1) is 13.7 Å². The Balaban J connectivity index is 3.03. The van der Waals surface area contributed by atoms with Crippen molar-refractivity contribution >= 4 is 10.1 Å². The van der Waals surface area contributed by atoms with E-state index in [0.29, 0.717) is 55.6 Å². The lowest BCUT2D eigenvalue weighted by molar-refractivity contribution is 0.132. The molecule has 0 fully saturated rings. The fourth-order valence-electron chi connectivity index (χ4n) is 2.63. The molecule has 7 heteroatoms. The summed E-state index contributed by atoms with van der Waals surface area (Å²) in [5.41, 5.74) is 0.499. The smallest absolute Gasteiger partial charge is 0.294 e. The minimum Gasteiger partial charge on any atom is -0.493 e. The van der Waals surface area contributed by atoms with Crippen LogP contribution < -0.4 is 9.47 Å². The van der Waals surface area contributed by atoms with Crippen molar-refractivity contribution in [2.45, 2.75) is 57.8 Å². The minimum atomic E-state index is -4.35. The number of hydrogen-bond acceptors (Lipinski definition) is 5. The zero-order valence-corrected chi connectivity index (χ0v) is 17.1. The maximum Gasteiger partial charge on any atom is 0.294 e. The van der Waals surface area contributed by atoms with Gasteiger partial charge in [-0.25, -0.2) is 0 Å². The molecule has 1 aromatic rings. The molecular formula is C19H32O6S. The summed E-state index contributed by atoms with van der Waals surface area (Å²) in [6.45, 7) is 7.88. The number of aryl methyl sites for hydroxylation is 1. The summed E-state index contributed by atoms with van der Waals surface area (Å²) in [6, 6.07) is 2.99. The Morgan fingerprint density at radius 3 is 2.31 bits per heavy atom. The fraction of sp³-hybridized carbons (Fsp3) is 0.684. The van der Waals surface area contributed by atoms with Gasteiger partial charge in [0.2, 0.25) is 0 Å². The number of rotatable bonds is 13. The van der Waals surface area contributed by atoms with Crippen LogP contribution in [0.25, 0.3) is 0 Å². The van der Waals surface area contributed by atoms with Gasteiger partial charge in [0.25, 0.3) is 10.1 Å². The standard InChI is InChI=1S/C19H32O6S/c1-5-10-24-11-8-9-16-12-17(23-4)18(13-19(16)26(20,21)22)25-14-15(6-2)7-3/h12-13,15H,5-11,14H2,1-4H3,(H,20,21,22). The zero-order valence-electron chi connectivity index (χ0n) is 16.3. The van der Waals surface area contributed by atoms with Crippen LogP contribution in [0.15, 0.2) is 17.0 Å². The minimum absolute atomic E-state index is 0.131. The highest BCUT2D eigenvalue weighted by Gasteiger charge is 2.20. The molecule has 0 unspecified atom stereocenters. The summed E-state index contributed by atoms with van der Waals surface area (Å²) in [4.78, 5) is -0.131. The first-order chi connectivity index (χ1) is 12.4. The Morgan fingerprint density at radius 2 is 1.77 bits per heavy atom. The molecule has 1 aromatic carbocycles. The molecule has 0 heterocycles. The van der Waals surface area contributed by atoms with E-state index in [4.69, 9.17) is 14.2 Å². The van der Waals surface area contributed by atoms with Gasteiger partial charge in [0.1, 0.15) is 4.90 Å². The number of ether oxygens (including phenoxy) is 3. The van der Waals surface area contributed by atoms with Gasteiger partial charge in [-0.2, -0.15) is 8.42 Å². The van der Waals surface area contributed by atoms with Gasteiger partial charge in [-0.15, -0.1) is 0 Å². The molecule has 0 aromatic heterocycles. The first-order valence-electron chi connectivity index (χ1n) is 9.26. The lowest BCUT2D eigenvalue weighted by atomic mass is 10.1. The highest BCUT2D eigenvalue weighted by Crippen LogP contribution is 2.34. The molecule has 1 rings (SSSR count). The second-order valence-electron chi connectivity index (χ2n) is 6.30. The van der Waals surface area contributed by atoms with Gasteiger partial charge in [-0.1, -0.05) is 33.6 Å². The van der Waals surface area contributed by atoms with Crippen molar-refractivity contribution in [3.63, 3.8) is 0 Å². The predicted octanol–water partition coefficient (Wildman–Crippen LogP) is 4.12. The van der Waals surface area contributed by atoms with Crippen LogP contribution in [-0.4, -0.2) is 39.9 Å². The normalized spacial score (nSPS) is 11.8. The molecule has 0 saturated heterocycles. The fourth-order valence-corrected chi connectivity index (χ4v) is 3.38. The van der Waals surface area contributed by atoms with E-state index < -0.39 is 10.1 Å². The van der Waals surface area contributed by atoms with Crippen molar-refractivity contribution in [1.82, 2.24) is 0 Å². The quantitative estimate of drug-likeness (QED) is 0.404. The van der Waals surface area contributed by atoms with Crippen molar-refractivity contribution in [2.24, 2.45) is 5.92 Å².